The Bertz CT molecular complexity index is 2410. The fourth-order valence-corrected chi connectivity index (χ4v) is 7.33. The van der Waals surface area contributed by atoms with Crippen LogP contribution in [0.2, 0.25) is 0 Å². The number of anilines is 1. The Kier molecular flexibility index (Phi) is 14.9. The van der Waals surface area contributed by atoms with E-state index in [9.17, 15) is 48.1 Å². The van der Waals surface area contributed by atoms with Crippen LogP contribution in [-0.4, -0.2) is 92.4 Å². The molecule has 0 radical (unpaired) electrons. The molecule has 60 heavy (non-hydrogen) atoms. The van der Waals surface area contributed by atoms with E-state index in [4.69, 9.17) is 35.5 Å². The number of aliphatic hydroxyl groups is 3. The molecule has 0 spiro atoms. The van der Waals surface area contributed by atoms with E-state index in [0.717, 1.165) is 34.3 Å². The zero-order chi connectivity index (χ0) is 41.8. The van der Waals surface area contributed by atoms with Crippen LogP contribution in [0.3, 0.4) is 0 Å². The van der Waals surface area contributed by atoms with E-state index in [2.05, 4.69) is 4.98 Å². The zero-order valence-electron chi connectivity index (χ0n) is 32.0. The van der Waals surface area contributed by atoms with Crippen LogP contribution in [0.15, 0.2) is 46.1 Å². The predicted molar refractivity (Wildman–Crippen MR) is 203 cm³/mol. The summed E-state index contributed by atoms with van der Waals surface area (Å²) in [4.78, 5) is 65.7. The number of pyridine rings is 2. The van der Waals surface area contributed by atoms with Gasteiger partial charge in [-0.15, -0.1) is 0 Å². The smallest absolute Gasteiger partial charge is 0.693 e. The number of nitrogen functional groups attached to an aromatic ring is 1. The molecule has 1 saturated carbocycles. The van der Waals surface area contributed by atoms with Gasteiger partial charge in [-0.3, -0.25) is 19.0 Å². The van der Waals surface area contributed by atoms with Crippen molar-refractivity contribution in [1.29, 1.82) is 0 Å². The number of aryl methyl sites for hydroxylation is 1. The van der Waals surface area contributed by atoms with Gasteiger partial charge in [0.25, 0.3) is 5.56 Å². The van der Waals surface area contributed by atoms with Gasteiger partial charge in [0.05, 0.1) is 35.6 Å². The Labute approximate surface area is 353 Å². The molecule has 1 saturated heterocycles. The number of aliphatic carboxylic acids is 2. The SMILES string of the molecule is CCc1c2c(nc3ccc(O)cc13)-c1cc3c(c(=O)n1C2)COC(=O)[C@]3(O)CC.Nc1ccn([C@@H]2O[C@H](CO)[C@H](O)C2(F)F)c(=O)n1.O=C(O)C1(C(=O)O)CCC1.[NH2-].[NH2-].[Pt+2]. The number of aromatic nitrogens is 4. The van der Waals surface area contributed by atoms with Gasteiger partial charge in [-0.25, -0.2) is 14.6 Å². The van der Waals surface area contributed by atoms with Gasteiger partial charge in [-0.1, -0.05) is 13.8 Å². The number of rotatable bonds is 6. The van der Waals surface area contributed by atoms with Crippen molar-refractivity contribution in [2.45, 2.75) is 89.1 Å². The van der Waals surface area contributed by atoms with Crippen LogP contribution >= 0.6 is 0 Å². The van der Waals surface area contributed by atoms with Crippen LogP contribution in [-0.2, 0) is 70.1 Å². The zero-order valence-corrected chi connectivity index (χ0v) is 34.3. The Morgan fingerprint density at radius 3 is 2.17 bits per heavy atom. The van der Waals surface area contributed by atoms with E-state index in [0.29, 0.717) is 46.5 Å². The van der Waals surface area contributed by atoms with Crippen LogP contribution in [0.1, 0.15) is 68.0 Å². The minimum absolute atomic E-state index is 0. The quantitative estimate of drug-likeness (QED) is 0.0950. The van der Waals surface area contributed by atoms with Gasteiger partial charge in [0.15, 0.2) is 17.1 Å². The number of hydrogen-bond donors (Lipinski definition) is 7. The summed E-state index contributed by atoms with van der Waals surface area (Å²) >= 11 is 0. The van der Waals surface area contributed by atoms with Crippen molar-refractivity contribution in [1.82, 2.24) is 19.1 Å². The molecule has 4 atom stereocenters. The number of carbonyl (C=O) groups is 3. The summed E-state index contributed by atoms with van der Waals surface area (Å²) in [6.45, 7) is 3.14. The second-order valence-corrected chi connectivity index (χ2v) is 14.0. The summed E-state index contributed by atoms with van der Waals surface area (Å²) in [5, 5.41) is 56.8. The van der Waals surface area contributed by atoms with Crippen molar-refractivity contribution in [2.24, 2.45) is 5.41 Å². The number of halogens is 2. The first-order chi connectivity index (χ1) is 26.9. The van der Waals surface area contributed by atoms with E-state index in [1.54, 1.807) is 35.8 Å². The average Bonchev–Trinajstić information content (AvgIpc) is 3.61. The summed E-state index contributed by atoms with van der Waals surface area (Å²) in [5.41, 5.74) is 5.23. The fourth-order valence-electron chi connectivity index (χ4n) is 7.33. The van der Waals surface area contributed by atoms with E-state index in [1.807, 2.05) is 6.92 Å². The maximum Gasteiger partial charge on any atom is 2.00 e. The van der Waals surface area contributed by atoms with Gasteiger partial charge in [0.2, 0.25) is 6.23 Å². The third-order valence-corrected chi connectivity index (χ3v) is 10.8. The molecular weight excluding hydrogens is 984 g/mol. The third-order valence-electron chi connectivity index (χ3n) is 10.8. The molecule has 0 bridgehead atoms. The second kappa shape index (κ2) is 18.2. The number of carbonyl (C=O) groups excluding carboxylic acids is 1. The molecule has 6 heterocycles. The van der Waals surface area contributed by atoms with Crippen molar-refractivity contribution in [3.05, 3.63) is 91.9 Å². The molecule has 3 aromatic heterocycles. The van der Waals surface area contributed by atoms with Crippen molar-refractivity contribution >= 4 is 34.6 Å². The maximum atomic E-state index is 13.7. The molecule has 23 heteroatoms. The molecule has 4 aliphatic rings. The Morgan fingerprint density at radius 1 is 1.02 bits per heavy atom. The fraction of sp³-hybridized carbons (Fsp3) is 0.432. The standard InChI is InChI=1S/C22H20N2O5.C9H11F2N3O4.C6H8O4.2H2N.Pt/c1-3-12-13-7-11(25)5-6-17(13)23-19-14(12)9-24-18(19)8-16-15(20(24)26)10-29-21(27)22(16,28)4-2;10-9(11)6(16)4(3-15)18-7(9)14-2-1-5(12)13-8(14)17;7-4(8)6(5(9)10)2-1-3-6;;;/h5-8,25,28H,3-4,9-10H2,1-2H3;1-2,4,6-7,15-16H,3H2,(H2,12,13,17);1-3H2,(H,7,8)(H,9,10);2*1H2;/q;;;2*-1;+2/t22-;4-,6+,7-;;;;/m01..../s1. The molecule has 3 aliphatic heterocycles. The molecule has 1 aliphatic carbocycles. The molecule has 8 rings (SSSR count). The van der Waals surface area contributed by atoms with Crippen molar-refractivity contribution < 1.29 is 84.3 Å². The van der Waals surface area contributed by atoms with E-state index in [-0.39, 0.29) is 76.4 Å². The topological polar surface area (TPSA) is 354 Å². The number of nitrogens with zero attached hydrogens (tertiary/aromatic N) is 4. The van der Waals surface area contributed by atoms with Crippen molar-refractivity contribution in [2.75, 3.05) is 12.3 Å². The number of benzene rings is 1. The molecule has 2 fully saturated rings. The number of alkyl halides is 2. The maximum absolute atomic E-state index is 13.7. The van der Waals surface area contributed by atoms with Gasteiger partial charge >= 0.3 is 50.6 Å². The molecule has 328 valence electrons. The number of nitrogens with two attached hydrogens (primary N) is 3. The number of fused-ring (bicyclic) bond motifs is 5. The number of carboxylic acids is 2. The third kappa shape index (κ3) is 8.03. The minimum Gasteiger partial charge on any atom is -0.693 e. The molecule has 4 aromatic rings. The van der Waals surface area contributed by atoms with Gasteiger partial charge < -0.3 is 62.7 Å². The van der Waals surface area contributed by atoms with Crippen LogP contribution in [0.4, 0.5) is 14.6 Å². The van der Waals surface area contributed by atoms with Crippen molar-refractivity contribution in [3.63, 3.8) is 0 Å². The summed E-state index contributed by atoms with van der Waals surface area (Å²) < 4.78 is 39.4. The number of esters is 1. The van der Waals surface area contributed by atoms with Gasteiger partial charge in [-0.2, -0.15) is 13.8 Å². The molecule has 20 nitrogen and oxygen atoms in total. The van der Waals surface area contributed by atoms with Gasteiger partial charge in [0.1, 0.15) is 24.3 Å². The first-order valence-corrected chi connectivity index (χ1v) is 17.8. The average molecular weight is 1030 g/mol. The number of ether oxygens (including phenoxy) is 2. The molecule has 12 N–H and O–H groups in total. The number of cyclic esters (lactones) is 1. The number of aliphatic hydroxyl groups excluding tert-OH is 2. The second-order valence-electron chi connectivity index (χ2n) is 14.0. The largest absolute Gasteiger partial charge is 2.00 e. The molecule has 1 aromatic carbocycles. The van der Waals surface area contributed by atoms with Crippen LogP contribution in [0.25, 0.3) is 34.6 Å². The van der Waals surface area contributed by atoms with Crippen LogP contribution in [0, 0.1) is 5.41 Å². The van der Waals surface area contributed by atoms with Crippen LogP contribution in [0.5, 0.6) is 5.75 Å². The Hall–Kier alpha value is -5.22. The van der Waals surface area contributed by atoms with Gasteiger partial charge in [-0.05, 0) is 68.0 Å². The molecular formula is C37H43F2N7O13Pt. The number of phenols is 1. The van der Waals surface area contributed by atoms with Crippen LogP contribution < -0.4 is 17.0 Å². The number of aromatic hydroxyl groups is 1. The first kappa shape index (κ1) is 49.1. The van der Waals surface area contributed by atoms with E-state index < -0.39 is 65.6 Å². The predicted octanol–water partition coefficient (Wildman–Crippen LogP) is 2.82. The summed E-state index contributed by atoms with van der Waals surface area (Å²) in [6.07, 6.45) is -2.60. The van der Waals surface area contributed by atoms with E-state index >= 15 is 0 Å². The van der Waals surface area contributed by atoms with E-state index in [1.165, 1.54) is 0 Å². The number of phenolic OH excluding ortho intramolecular Hbond substituents is 1. The number of carboxylic acid groups (broad SMARTS) is 2. The summed E-state index contributed by atoms with van der Waals surface area (Å²) in [7, 11) is 0. The summed E-state index contributed by atoms with van der Waals surface area (Å²) in [5.74, 6) is -6.80. The molecule has 0 unspecified atom stereocenters. The van der Waals surface area contributed by atoms with Crippen molar-refractivity contribution in [3.8, 4) is 17.1 Å². The first-order valence-electron chi connectivity index (χ1n) is 17.8. The monoisotopic (exact) mass is 1030 g/mol. The van der Waals surface area contributed by atoms with Gasteiger partial charge in [0, 0.05) is 22.7 Å². The Morgan fingerprint density at radius 2 is 1.67 bits per heavy atom. The molecule has 0 amide bonds. The number of hydrogen-bond acceptors (Lipinski definition) is 14. The summed E-state index contributed by atoms with van der Waals surface area (Å²) in [6, 6.07) is 7.90. The minimum atomic E-state index is -3.71. The normalized spacial score (nSPS) is 22.2. The Balaban J connectivity index is 0.000000266.